The molecule has 0 saturated heterocycles. The number of ether oxygens (including phenoxy) is 2. The molecule has 0 fully saturated rings. The lowest BCUT2D eigenvalue weighted by Crippen LogP contribution is -2.09. The molecule has 1 N–H and O–H groups in total. The van der Waals surface area contributed by atoms with Crippen LogP contribution in [0.15, 0.2) is 0 Å². The summed E-state index contributed by atoms with van der Waals surface area (Å²) in [6.07, 6.45) is 17.2. The fourth-order valence-corrected chi connectivity index (χ4v) is 2.73. The topological polar surface area (TPSA) is 89.9 Å². The first-order valence-corrected chi connectivity index (χ1v) is 13.8. The van der Waals surface area contributed by atoms with Crippen molar-refractivity contribution in [3.63, 3.8) is 0 Å². The Morgan fingerprint density at radius 2 is 1.00 bits per heavy atom. The van der Waals surface area contributed by atoms with E-state index in [4.69, 9.17) is 14.6 Å². The highest BCUT2D eigenvalue weighted by Gasteiger charge is 2.07. The predicted octanol–water partition coefficient (Wildman–Crippen LogP) is 8.11. The van der Waals surface area contributed by atoms with Gasteiger partial charge in [-0.15, -0.1) is 0 Å². The SMILES string of the molecule is CCC(=O)O.CCCCCCCCOC(=O)CC.CCCCCCCCOC(=O)CC(C)CC. The van der Waals surface area contributed by atoms with Crippen LogP contribution in [0.3, 0.4) is 0 Å². The van der Waals surface area contributed by atoms with E-state index in [1.54, 1.807) is 6.92 Å². The number of hydrogen-bond acceptors (Lipinski definition) is 5. The summed E-state index contributed by atoms with van der Waals surface area (Å²) in [5.41, 5.74) is 0. The summed E-state index contributed by atoms with van der Waals surface area (Å²) in [6, 6.07) is 0. The lowest BCUT2D eigenvalue weighted by atomic mass is 10.1. The highest BCUT2D eigenvalue weighted by molar-refractivity contribution is 5.69. The number of hydrogen-bond donors (Lipinski definition) is 1. The van der Waals surface area contributed by atoms with E-state index >= 15 is 0 Å². The molecule has 0 saturated carbocycles. The van der Waals surface area contributed by atoms with Crippen molar-refractivity contribution in [3.05, 3.63) is 0 Å². The van der Waals surface area contributed by atoms with Gasteiger partial charge in [0.2, 0.25) is 0 Å². The van der Waals surface area contributed by atoms with Crippen molar-refractivity contribution in [1.29, 1.82) is 0 Å². The summed E-state index contributed by atoms with van der Waals surface area (Å²) in [7, 11) is 0. The monoisotopic (exact) mass is 488 g/mol. The molecule has 0 radical (unpaired) electrons. The van der Waals surface area contributed by atoms with Gasteiger partial charge in [-0.1, -0.05) is 112 Å². The van der Waals surface area contributed by atoms with E-state index in [1.807, 2.05) is 6.92 Å². The molecule has 0 aromatic carbocycles. The summed E-state index contributed by atoms with van der Waals surface area (Å²) in [4.78, 5) is 31.4. The Hall–Kier alpha value is -1.59. The molecule has 0 heterocycles. The van der Waals surface area contributed by atoms with Crippen LogP contribution in [0.2, 0.25) is 0 Å². The minimum atomic E-state index is -0.745. The van der Waals surface area contributed by atoms with Gasteiger partial charge in [-0.3, -0.25) is 14.4 Å². The Morgan fingerprint density at radius 1 is 0.618 bits per heavy atom. The standard InChI is InChI=1S/C14H28O2.C11H22O2.C3H6O2/c1-4-6-7-8-9-10-11-16-14(15)12-13(3)5-2;1-3-5-6-7-8-9-10-13-11(12)4-2;1-2-3(4)5/h13H,4-12H2,1-3H3;3-10H2,1-2H3;2H2,1H3,(H,4,5). The normalized spacial score (nSPS) is 10.8. The Balaban J connectivity index is -0.000000478. The molecule has 34 heavy (non-hydrogen) atoms. The van der Waals surface area contributed by atoms with Crippen molar-refractivity contribution in [2.24, 2.45) is 5.92 Å². The minimum absolute atomic E-state index is 0.0251. The van der Waals surface area contributed by atoms with E-state index in [0.717, 1.165) is 19.3 Å². The molecule has 0 amide bonds. The van der Waals surface area contributed by atoms with Crippen LogP contribution in [0.1, 0.15) is 144 Å². The quantitative estimate of drug-likeness (QED) is 0.146. The van der Waals surface area contributed by atoms with Crippen molar-refractivity contribution in [2.75, 3.05) is 13.2 Å². The molecule has 204 valence electrons. The molecule has 0 aromatic rings. The van der Waals surface area contributed by atoms with Crippen LogP contribution < -0.4 is 0 Å². The van der Waals surface area contributed by atoms with Crippen LogP contribution in [-0.4, -0.2) is 36.2 Å². The smallest absolute Gasteiger partial charge is 0.306 e. The second kappa shape index (κ2) is 31.4. The fourth-order valence-electron chi connectivity index (χ4n) is 2.73. The van der Waals surface area contributed by atoms with Crippen LogP contribution in [0.5, 0.6) is 0 Å². The van der Waals surface area contributed by atoms with Crippen LogP contribution in [0.4, 0.5) is 0 Å². The van der Waals surface area contributed by atoms with Crippen LogP contribution >= 0.6 is 0 Å². The lowest BCUT2D eigenvalue weighted by Gasteiger charge is -2.08. The summed E-state index contributed by atoms with van der Waals surface area (Å²) in [5, 5.41) is 7.72. The minimum Gasteiger partial charge on any atom is -0.481 e. The average molecular weight is 489 g/mol. The number of unbranched alkanes of at least 4 members (excludes halogenated alkanes) is 10. The van der Waals surface area contributed by atoms with E-state index in [2.05, 4.69) is 27.7 Å². The Bertz CT molecular complexity index is 450. The first kappa shape index (κ1) is 37.0. The molecule has 0 aliphatic carbocycles. The third-order valence-electron chi connectivity index (χ3n) is 5.33. The van der Waals surface area contributed by atoms with Crippen LogP contribution in [0, 0.1) is 5.92 Å². The van der Waals surface area contributed by atoms with E-state index in [-0.39, 0.29) is 18.4 Å². The molecule has 0 aliphatic heterocycles. The molecule has 6 heteroatoms. The van der Waals surface area contributed by atoms with Crippen molar-refractivity contribution >= 4 is 17.9 Å². The molecule has 0 bridgehead atoms. The van der Waals surface area contributed by atoms with E-state index in [1.165, 1.54) is 64.2 Å². The number of carboxylic acid groups (broad SMARTS) is 1. The first-order chi connectivity index (χ1) is 16.3. The fraction of sp³-hybridized carbons (Fsp3) is 0.893. The van der Waals surface area contributed by atoms with Crippen molar-refractivity contribution in [3.8, 4) is 0 Å². The first-order valence-electron chi connectivity index (χ1n) is 13.8. The summed E-state index contributed by atoms with van der Waals surface area (Å²) in [6.45, 7) is 13.3. The van der Waals surface area contributed by atoms with Gasteiger partial charge in [0.1, 0.15) is 0 Å². The molecule has 0 rings (SSSR count). The lowest BCUT2D eigenvalue weighted by molar-refractivity contribution is -0.145. The van der Waals surface area contributed by atoms with Gasteiger partial charge in [0.15, 0.2) is 0 Å². The van der Waals surface area contributed by atoms with Gasteiger partial charge in [-0.25, -0.2) is 0 Å². The maximum atomic E-state index is 11.3. The molecule has 1 unspecified atom stereocenters. The van der Waals surface area contributed by atoms with E-state index in [9.17, 15) is 14.4 Å². The third-order valence-corrected chi connectivity index (χ3v) is 5.33. The van der Waals surface area contributed by atoms with Gasteiger partial charge in [-0.05, 0) is 18.8 Å². The maximum absolute atomic E-state index is 11.3. The number of esters is 2. The summed E-state index contributed by atoms with van der Waals surface area (Å²) in [5.74, 6) is -0.390. The Kier molecular flexibility index (Phi) is 34.2. The average Bonchev–Trinajstić information content (AvgIpc) is 2.83. The zero-order chi connectivity index (χ0) is 26.5. The molecule has 1 atom stereocenters. The summed E-state index contributed by atoms with van der Waals surface area (Å²) < 4.78 is 10.1. The second-order valence-corrected chi connectivity index (χ2v) is 8.79. The third kappa shape index (κ3) is 37.7. The van der Waals surface area contributed by atoms with E-state index < -0.39 is 5.97 Å². The van der Waals surface area contributed by atoms with Crippen LogP contribution in [0.25, 0.3) is 0 Å². The molecular formula is C28H56O6. The highest BCUT2D eigenvalue weighted by Crippen LogP contribution is 2.09. The van der Waals surface area contributed by atoms with E-state index in [0.29, 0.717) is 32.0 Å². The number of carbonyl (C=O) groups is 3. The van der Waals surface area contributed by atoms with Gasteiger partial charge in [-0.2, -0.15) is 0 Å². The molecule has 0 spiro atoms. The van der Waals surface area contributed by atoms with Gasteiger partial charge in [0.25, 0.3) is 0 Å². The van der Waals surface area contributed by atoms with Crippen molar-refractivity contribution in [2.45, 2.75) is 144 Å². The van der Waals surface area contributed by atoms with Crippen molar-refractivity contribution in [1.82, 2.24) is 0 Å². The maximum Gasteiger partial charge on any atom is 0.306 e. The molecule has 6 nitrogen and oxygen atoms in total. The zero-order valence-electron chi connectivity index (χ0n) is 23.3. The zero-order valence-corrected chi connectivity index (χ0v) is 23.3. The van der Waals surface area contributed by atoms with Gasteiger partial charge in [0, 0.05) is 19.3 Å². The molecule has 0 aliphatic rings. The van der Waals surface area contributed by atoms with Gasteiger partial charge < -0.3 is 14.6 Å². The van der Waals surface area contributed by atoms with Gasteiger partial charge in [0.05, 0.1) is 13.2 Å². The summed E-state index contributed by atoms with van der Waals surface area (Å²) >= 11 is 0. The predicted molar refractivity (Wildman–Crippen MR) is 141 cm³/mol. The number of carbonyl (C=O) groups excluding carboxylic acids is 2. The molecule has 0 aromatic heterocycles. The van der Waals surface area contributed by atoms with Gasteiger partial charge >= 0.3 is 17.9 Å². The largest absolute Gasteiger partial charge is 0.481 e. The highest BCUT2D eigenvalue weighted by atomic mass is 16.5. The van der Waals surface area contributed by atoms with Crippen LogP contribution in [-0.2, 0) is 23.9 Å². The second-order valence-electron chi connectivity index (χ2n) is 8.79. The Morgan fingerprint density at radius 3 is 1.35 bits per heavy atom. The number of rotatable bonds is 19. The Labute approximate surface area is 210 Å². The number of carboxylic acids is 1. The molecular weight excluding hydrogens is 432 g/mol. The number of aliphatic carboxylic acids is 1. The van der Waals surface area contributed by atoms with Crippen molar-refractivity contribution < 1.29 is 29.0 Å².